The lowest BCUT2D eigenvalue weighted by atomic mass is 10.0. The van der Waals surface area contributed by atoms with Gasteiger partial charge in [0.2, 0.25) is 0 Å². The van der Waals surface area contributed by atoms with Gasteiger partial charge >= 0.3 is 6.18 Å². The number of nitrogens with zero attached hydrogens (tertiary/aromatic N) is 1. The van der Waals surface area contributed by atoms with Crippen LogP contribution in [0.4, 0.5) is 24.5 Å². The zero-order valence-corrected chi connectivity index (χ0v) is 9.60. The van der Waals surface area contributed by atoms with Crippen molar-refractivity contribution in [1.29, 1.82) is 5.41 Å². The Labute approximate surface area is 97.5 Å². The Bertz CT molecular complexity index is 427. The summed E-state index contributed by atoms with van der Waals surface area (Å²) in [5.74, 6) is 0. The van der Waals surface area contributed by atoms with E-state index >= 15 is 0 Å². The summed E-state index contributed by atoms with van der Waals surface area (Å²) in [5, 5.41) is 7.20. The van der Waals surface area contributed by atoms with E-state index in [1.165, 1.54) is 18.0 Å². The Kier molecular flexibility index (Phi) is 3.65. The first-order valence-electron chi connectivity index (χ1n) is 5.04. The van der Waals surface area contributed by atoms with Crippen LogP contribution in [-0.4, -0.2) is 19.8 Å². The van der Waals surface area contributed by atoms with Gasteiger partial charge in [0.1, 0.15) is 0 Å². The maximum atomic E-state index is 12.9. The zero-order valence-electron chi connectivity index (χ0n) is 9.60. The van der Waals surface area contributed by atoms with Crippen molar-refractivity contribution in [2.45, 2.75) is 13.1 Å². The summed E-state index contributed by atoms with van der Waals surface area (Å²) in [4.78, 5) is 1.43. The lowest BCUT2D eigenvalue weighted by molar-refractivity contribution is -0.137. The molecule has 0 atom stereocenters. The number of alkyl halides is 3. The molecule has 0 unspecified atom stereocenters. The highest BCUT2D eigenvalue weighted by molar-refractivity contribution is 5.94. The number of nitrogens with one attached hydrogen (secondary N) is 1. The number of anilines is 2. The fourth-order valence-corrected chi connectivity index (χ4v) is 1.57. The van der Waals surface area contributed by atoms with E-state index in [0.29, 0.717) is 6.54 Å². The molecule has 0 bridgehead atoms. The minimum atomic E-state index is -4.45. The molecular weight excluding hydrogens is 231 g/mol. The molecule has 0 aliphatic heterocycles. The Balaban J connectivity index is 3.57. The molecule has 0 spiro atoms. The summed E-state index contributed by atoms with van der Waals surface area (Å²) in [7, 11) is 1.54. The van der Waals surface area contributed by atoms with Crippen LogP contribution in [0.25, 0.3) is 0 Å². The van der Waals surface area contributed by atoms with E-state index < -0.39 is 11.7 Å². The van der Waals surface area contributed by atoms with Crippen molar-refractivity contribution in [3.05, 3.63) is 23.3 Å². The maximum absolute atomic E-state index is 12.9. The quantitative estimate of drug-likeness (QED) is 0.635. The average Bonchev–Trinajstić information content (AvgIpc) is 2.25. The molecule has 6 heteroatoms. The fourth-order valence-electron chi connectivity index (χ4n) is 1.57. The van der Waals surface area contributed by atoms with Gasteiger partial charge in [0.15, 0.2) is 0 Å². The second-order valence-electron chi connectivity index (χ2n) is 3.62. The van der Waals surface area contributed by atoms with Crippen LogP contribution in [0.1, 0.15) is 18.1 Å². The van der Waals surface area contributed by atoms with Crippen molar-refractivity contribution < 1.29 is 13.2 Å². The van der Waals surface area contributed by atoms with Gasteiger partial charge in [-0.3, -0.25) is 0 Å². The zero-order chi connectivity index (χ0) is 13.2. The third-order valence-corrected chi connectivity index (χ3v) is 2.56. The second kappa shape index (κ2) is 4.65. The largest absolute Gasteiger partial charge is 0.418 e. The first kappa shape index (κ1) is 13.3. The number of halogens is 3. The van der Waals surface area contributed by atoms with Crippen molar-refractivity contribution in [3.63, 3.8) is 0 Å². The fraction of sp³-hybridized carbons (Fsp3) is 0.364. The van der Waals surface area contributed by atoms with Gasteiger partial charge in [0.25, 0.3) is 0 Å². The average molecular weight is 245 g/mol. The van der Waals surface area contributed by atoms with E-state index in [4.69, 9.17) is 11.1 Å². The normalized spacial score (nSPS) is 11.4. The van der Waals surface area contributed by atoms with Gasteiger partial charge in [-0.1, -0.05) is 0 Å². The molecule has 0 heterocycles. The van der Waals surface area contributed by atoms with Crippen molar-refractivity contribution in [2.24, 2.45) is 0 Å². The molecule has 94 valence electrons. The molecule has 0 saturated heterocycles. The highest BCUT2D eigenvalue weighted by Crippen LogP contribution is 2.39. The van der Waals surface area contributed by atoms with Gasteiger partial charge in [-0.15, -0.1) is 0 Å². The van der Waals surface area contributed by atoms with E-state index in [1.54, 1.807) is 6.92 Å². The van der Waals surface area contributed by atoms with Gasteiger partial charge < -0.3 is 16.0 Å². The van der Waals surface area contributed by atoms with Gasteiger partial charge in [-0.25, -0.2) is 0 Å². The third kappa shape index (κ3) is 2.51. The first-order chi connectivity index (χ1) is 7.82. The summed E-state index contributed by atoms with van der Waals surface area (Å²) in [6, 6.07) is 2.13. The smallest absolute Gasteiger partial charge is 0.398 e. The number of nitrogen functional groups attached to an aromatic ring is 1. The molecular formula is C11H14F3N3. The molecule has 17 heavy (non-hydrogen) atoms. The number of nitrogens with two attached hydrogens (primary N) is 1. The lowest BCUT2D eigenvalue weighted by Crippen LogP contribution is -2.23. The van der Waals surface area contributed by atoms with Gasteiger partial charge in [-0.05, 0) is 19.1 Å². The summed E-state index contributed by atoms with van der Waals surface area (Å²) in [5.41, 5.74) is 5.05. The monoisotopic (exact) mass is 245 g/mol. The van der Waals surface area contributed by atoms with E-state index in [9.17, 15) is 13.2 Å². The van der Waals surface area contributed by atoms with Crippen LogP contribution < -0.4 is 10.6 Å². The molecule has 0 aliphatic rings. The SMILES string of the molecule is CCN(C)c1c(C(F)(F)F)ccc(N)c1C=N. The first-order valence-corrected chi connectivity index (χ1v) is 5.04. The van der Waals surface area contributed by atoms with E-state index in [-0.39, 0.29) is 16.9 Å². The highest BCUT2D eigenvalue weighted by Gasteiger charge is 2.35. The van der Waals surface area contributed by atoms with Crippen molar-refractivity contribution in [1.82, 2.24) is 0 Å². The minimum absolute atomic E-state index is 0.0463. The van der Waals surface area contributed by atoms with Gasteiger partial charge in [-0.2, -0.15) is 13.2 Å². The van der Waals surface area contributed by atoms with Crippen LogP contribution in [0.3, 0.4) is 0 Å². The molecule has 1 aromatic rings. The predicted molar refractivity (Wildman–Crippen MR) is 62.7 cm³/mol. The van der Waals surface area contributed by atoms with Crippen molar-refractivity contribution in [2.75, 3.05) is 24.2 Å². The molecule has 0 radical (unpaired) electrons. The Morgan fingerprint density at radius 1 is 1.41 bits per heavy atom. The lowest BCUT2D eigenvalue weighted by Gasteiger charge is -2.24. The van der Waals surface area contributed by atoms with E-state index in [2.05, 4.69) is 0 Å². The summed E-state index contributed by atoms with van der Waals surface area (Å²) >= 11 is 0. The number of hydrogen-bond donors (Lipinski definition) is 2. The van der Waals surface area contributed by atoms with Crippen LogP contribution in [0, 0.1) is 5.41 Å². The number of benzene rings is 1. The van der Waals surface area contributed by atoms with Crippen molar-refractivity contribution >= 4 is 17.6 Å². The number of hydrogen-bond acceptors (Lipinski definition) is 3. The Morgan fingerprint density at radius 2 is 2.00 bits per heavy atom. The predicted octanol–water partition coefficient (Wildman–Crippen LogP) is 2.74. The molecule has 0 fully saturated rings. The van der Waals surface area contributed by atoms with Crippen LogP contribution in [0.15, 0.2) is 12.1 Å². The molecule has 1 rings (SSSR count). The van der Waals surface area contributed by atoms with E-state index in [0.717, 1.165) is 12.3 Å². The van der Waals surface area contributed by atoms with Crippen molar-refractivity contribution in [3.8, 4) is 0 Å². The van der Waals surface area contributed by atoms with Crippen LogP contribution in [0.2, 0.25) is 0 Å². The van der Waals surface area contributed by atoms with E-state index in [1.807, 2.05) is 0 Å². The van der Waals surface area contributed by atoms with Gasteiger partial charge in [0, 0.05) is 31.1 Å². The Hall–Kier alpha value is -1.72. The maximum Gasteiger partial charge on any atom is 0.418 e. The second-order valence-corrected chi connectivity index (χ2v) is 3.62. The molecule has 1 aromatic carbocycles. The third-order valence-electron chi connectivity index (χ3n) is 2.56. The van der Waals surface area contributed by atoms with Crippen LogP contribution in [-0.2, 0) is 6.18 Å². The topological polar surface area (TPSA) is 53.1 Å². The molecule has 0 aromatic heterocycles. The Morgan fingerprint density at radius 3 is 2.41 bits per heavy atom. The molecule has 3 nitrogen and oxygen atoms in total. The summed E-state index contributed by atoms with van der Waals surface area (Å²) in [6.07, 6.45) is -3.60. The summed E-state index contributed by atoms with van der Waals surface area (Å²) in [6.45, 7) is 2.13. The molecule has 0 aliphatic carbocycles. The van der Waals surface area contributed by atoms with Crippen LogP contribution >= 0.6 is 0 Å². The minimum Gasteiger partial charge on any atom is -0.398 e. The van der Waals surface area contributed by atoms with Crippen LogP contribution in [0.5, 0.6) is 0 Å². The standard InChI is InChI=1S/C11H14F3N3/c1-3-17(2)10-7(6-15)9(16)5-4-8(10)11(12,13)14/h4-6,15H,3,16H2,1-2H3. The summed E-state index contributed by atoms with van der Waals surface area (Å²) < 4.78 is 38.6. The molecule has 0 amide bonds. The number of rotatable bonds is 3. The molecule has 0 saturated carbocycles. The molecule has 3 N–H and O–H groups in total. The van der Waals surface area contributed by atoms with Gasteiger partial charge in [0.05, 0.1) is 11.3 Å². The highest BCUT2D eigenvalue weighted by atomic mass is 19.4.